The molecule has 0 fully saturated rings. The van der Waals surface area contributed by atoms with E-state index in [4.69, 9.17) is 4.74 Å². The van der Waals surface area contributed by atoms with Crippen LogP contribution in [0.3, 0.4) is 0 Å². The van der Waals surface area contributed by atoms with Crippen LogP contribution in [0.2, 0.25) is 0 Å². The van der Waals surface area contributed by atoms with Crippen LogP contribution in [0.5, 0.6) is 5.75 Å². The third kappa shape index (κ3) is 2.78. The molecule has 13 heavy (non-hydrogen) atoms. The van der Waals surface area contributed by atoms with Crippen LogP contribution in [0.25, 0.3) is 0 Å². The van der Waals surface area contributed by atoms with E-state index in [1.54, 1.807) is 18.5 Å². The Morgan fingerprint density at radius 1 is 1.38 bits per heavy atom. The molecule has 0 bridgehead atoms. The van der Waals surface area contributed by atoms with Gasteiger partial charge in [0, 0.05) is 0 Å². The van der Waals surface area contributed by atoms with Crippen molar-refractivity contribution < 1.29 is 9.53 Å². The molecule has 1 amide bonds. The van der Waals surface area contributed by atoms with Gasteiger partial charge in [-0.2, -0.15) is 0 Å². The Balaban J connectivity index is 2.83. The lowest BCUT2D eigenvalue weighted by molar-refractivity contribution is 0.244. The monoisotopic (exact) mass is 178 g/mol. The summed E-state index contributed by atoms with van der Waals surface area (Å²) >= 11 is 0. The number of para-hydroxylation sites is 2. The molecule has 3 heteroatoms. The first kappa shape index (κ1) is 9.58. The second kappa shape index (κ2) is 4.50. The van der Waals surface area contributed by atoms with Crippen molar-refractivity contribution in [1.82, 2.24) is 0 Å². The molecule has 0 aliphatic heterocycles. The summed E-state index contributed by atoms with van der Waals surface area (Å²) in [4.78, 5) is 10.1. The van der Waals surface area contributed by atoms with Gasteiger partial charge in [-0.1, -0.05) is 12.1 Å². The minimum atomic E-state index is 0.0922. The molecule has 0 aromatic heterocycles. The largest absolute Gasteiger partial charge is 0.489 e. The minimum Gasteiger partial charge on any atom is -0.489 e. The summed E-state index contributed by atoms with van der Waals surface area (Å²) in [7, 11) is 0. The minimum absolute atomic E-state index is 0.0922. The molecule has 0 spiro atoms. The molecule has 0 saturated heterocycles. The summed E-state index contributed by atoms with van der Waals surface area (Å²) in [5, 5.41) is 2.45. The van der Waals surface area contributed by atoms with Crippen LogP contribution in [-0.4, -0.2) is 12.5 Å². The molecular weight excluding hydrogens is 166 g/mol. The zero-order valence-electron chi connectivity index (χ0n) is 7.70. The standard InChI is InChI=1S/C10H12NO2/c1-8(2)13-10-6-4-3-5-9(10)11-7-12/h3-6,8H,1-2H3,(H,11,12). The van der Waals surface area contributed by atoms with Gasteiger partial charge in [0.25, 0.3) is 0 Å². The van der Waals surface area contributed by atoms with Crippen molar-refractivity contribution in [2.75, 3.05) is 5.32 Å². The molecule has 0 unspecified atom stereocenters. The highest BCUT2D eigenvalue weighted by Crippen LogP contribution is 2.23. The van der Waals surface area contributed by atoms with Gasteiger partial charge in [-0.05, 0) is 26.0 Å². The number of ether oxygens (including phenoxy) is 1. The molecule has 1 aromatic carbocycles. The summed E-state index contributed by atoms with van der Waals surface area (Å²) in [6.07, 6.45) is 1.71. The third-order valence-corrected chi connectivity index (χ3v) is 1.44. The number of benzene rings is 1. The first-order chi connectivity index (χ1) is 6.24. The first-order valence-electron chi connectivity index (χ1n) is 4.13. The van der Waals surface area contributed by atoms with Crippen molar-refractivity contribution in [3.63, 3.8) is 0 Å². The van der Waals surface area contributed by atoms with Gasteiger partial charge in [-0.25, -0.2) is 0 Å². The molecule has 1 rings (SSSR count). The van der Waals surface area contributed by atoms with E-state index < -0.39 is 0 Å². The lowest BCUT2D eigenvalue weighted by atomic mass is 10.3. The van der Waals surface area contributed by atoms with Crippen LogP contribution < -0.4 is 10.1 Å². The number of carbonyl (C=O) groups excluding carboxylic acids is 1. The zero-order valence-corrected chi connectivity index (χ0v) is 7.70. The average molecular weight is 178 g/mol. The molecule has 0 saturated carbocycles. The summed E-state index contributed by atoms with van der Waals surface area (Å²) in [6.45, 7) is 3.86. The maximum atomic E-state index is 10.1. The number of rotatable bonds is 4. The molecule has 69 valence electrons. The molecule has 1 N–H and O–H groups in total. The fraction of sp³-hybridized carbons (Fsp3) is 0.300. The maximum Gasteiger partial charge on any atom is 0.314 e. The van der Waals surface area contributed by atoms with Gasteiger partial charge in [-0.15, -0.1) is 0 Å². The predicted octanol–water partition coefficient (Wildman–Crippen LogP) is 1.95. The Bertz CT molecular complexity index is 284. The number of anilines is 1. The molecule has 1 aromatic rings. The van der Waals surface area contributed by atoms with Gasteiger partial charge < -0.3 is 10.1 Å². The third-order valence-electron chi connectivity index (χ3n) is 1.44. The van der Waals surface area contributed by atoms with Crippen molar-refractivity contribution in [3.05, 3.63) is 24.3 Å². The predicted molar refractivity (Wildman–Crippen MR) is 51.5 cm³/mol. The summed E-state index contributed by atoms with van der Waals surface area (Å²) in [5.41, 5.74) is 0.645. The Hall–Kier alpha value is -1.51. The van der Waals surface area contributed by atoms with E-state index >= 15 is 0 Å². The number of hydrogen-bond acceptors (Lipinski definition) is 2. The van der Waals surface area contributed by atoms with Gasteiger partial charge in [-0.3, -0.25) is 4.79 Å². The van der Waals surface area contributed by atoms with E-state index in [2.05, 4.69) is 5.32 Å². The topological polar surface area (TPSA) is 38.3 Å². The van der Waals surface area contributed by atoms with Crippen molar-refractivity contribution in [1.29, 1.82) is 0 Å². The van der Waals surface area contributed by atoms with Crippen LogP contribution in [0.1, 0.15) is 13.8 Å². The van der Waals surface area contributed by atoms with Gasteiger partial charge in [0.15, 0.2) is 0 Å². The highest BCUT2D eigenvalue weighted by Gasteiger charge is 2.03. The van der Waals surface area contributed by atoms with E-state index in [0.717, 1.165) is 0 Å². The average Bonchev–Trinajstić information content (AvgIpc) is 2.08. The Labute approximate surface area is 77.7 Å². The zero-order chi connectivity index (χ0) is 9.68. The van der Waals surface area contributed by atoms with Crippen LogP contribution in [0.15, 0.2) is 24.3 Å². The van der Waals surface area contributed by atoms with E-state index in [-0.39, 0.29) is 6.10 Å². The molecule has 0 heterocycles. The fourth-order valence-electron chi connectivity index (χ4n) is 0.982. The molecular formula is C10H12NO2. The molecule has 3 nitrogen and oxygen atoms in total. The molecule has 0 atom stereocenters. The fourth-order valence-corrected chi connectivity index (χ4v) is 0.982. The normalized spacial score (nSPS) is 9.77. The highest BCUT2D eigenvalue weighted by molar-refractivity contribution is 5.75. The Morgan fingerprint density at radius 2 is 2.08 bits per heavy atom. The van der Waals surface area contributed by atoms with Gasteiger partial charge in [0.1, 0.15) is 5.75 Å². The number of hydrogen-bond donors (Lipinski definition) is 1. The number of nitrogens with one attached hydrogen (secondary N) is 1. The summed E-state index contributed by atoms with van der Waals surface area (Å²) in [6, 6.07) is 7.25. The Kier molecular flexibility index (Phi) is 3.31. The van der Waals surface area contributed by atoms with E-state index in [9.17, 15) is 4.79 Å². The van der Waals surface area contributed by atoms with Crippen molar-refractivity contribution in [2.45, 2.75) is 20.0 Å². The number of amides is 1. The van der Waals surface area contributed by atoms with E-state index in [0.29, 0.717) is 11.4 Å². The quantitative estimate of drug-likeness (QED) is 0.715. The Morgan fingerprint density at radius 3 is 2.69 bits per heavy atom. The summed E-state index contributed by atoms with van der Waals surface area (Å²) in [5.74, 6) is 0.667. The lowest BCUT2D eigenvalue weighted by Crippen LogP contribution is -2.07. The van der Waals surface area contributed by atoms with Gasteiger partial charge >= 0.3 is 6.41 Å². The lowest BCUT2D eigenvalue weighted by Gasteiger charge is -2.12. The first-order valence-corrected chi connectivity index (χ1v) is 4.13. The van der Waals surface area contributed by atoms with Crippen molar-refractivity contribution in [3.8, 4) is 5.75 Å². The van der Waals surface area contributed by atoms with Crippen molar-refractivity contribution >= 4 is 12.1 Å². The van der Waals surface area contributed by atoms with Crippen LogP contribution >= 0.6 is 0 Å². The molecule has 0 aliphatic rings. The molecule has 1 radical (unpaired) electrons. The van der Waals surface area contributed by atoms with Gasteiger partial charge in [0.2, 0.25) is 0 Å². The second-order valence-corrected chi connectivity index (χ2v) is 2.89. The SMILES string of the molecule is CC(C)Oc1ccccc1N[C]=O. The second-order valence-electron chi connectivity index (χ2n) is 2.89. The van der Waals surface area contributed by atoms with Crippen molar-refractivity contribution in [2.24, 2.45) is 0 Å². The highest BCUT2D eigenvalue weighted by atomic mass is 16.5. The van der Waals surface area contributed by atoms with E-state index in [1.807, 2.05) is 26.0 Å². The molecule has 0 aliphatic carbocycles. The summed E-state index contributed by atoms with van der Waals surface area (Å²) < 4.78 is 5.46. The van der Waals surface area contributed by atoms with Crippen LogP contribution in [0.4, 0.5) is 5.69 Å². The maximum absolute atomic E-state index is 10.1. The van der Waals surface area contributed by atoms with E-state index in [1.165, 1.54) is 0 Å². The van der Waals surface area contributed by atoms with Crippen LogP contribution in [-0.2, 0) is 4.79 Å². The smallest absolute Gasteiger partial charge is 0.314 e. The van der Waals surface area contributed by atoms with Gasteiger partial charge in [0.05, 0.1) is 11.8 Å². The van der Waals surface area contributed by atoms with Crippen LogP contribution in [0, 0.1) is 0 Å².